The molecule has 0 atom stereocenters. The number of esters is 2. The van der Waals surface area contributed by atoms with Crippen molar-refractivity contribution in [3.63, 3.8) is 0 Å². The Morgan fingerprint density at radius 2 is 0.812 bits per heavy atom. The molecule has 0 N–H and O–H groups in total. The van der Waals surface area contributed by atoms with E-state index in [4.69, 9.17) is 18.9 Å². The minimum absolute atomic E-state index is 0.114. The van der Waals surface area contributed by atoms with E-state index in [1.165, 1.54) is 18.2 Å². The van der Waals surface area contributed by atoms with Gasteiger partial charge in [0.05, 0.1) is 26.2 Å². The molecule has 11 nitrogen and oxygen atoms in total. The second kappa shape index (κ2) is 18.1. The Balaban J connectivity index is 1.04. The van der Waals surface area contributed by atoms with Gasteiger partial charge in [-0.05, 0) is 57.9 Å². The number of aromatic nitrogens is 1. The third-order valence-corrected chi connectivity index (χ3v) is 9.92. The molecule has 0 saturated carbocycles. The molecule has 0 unspecified atom stereocenters. The van der Waals surface area contributed by atoms with Gasteiger partial charge in [0, 0.05) is 19.5 Å². The van der Waals surface area contributed by atoms with Crippen LogP contribution < -0.4 is 0 Å². The van der Waals surface area contributed by atoms with E-state index in [0.717, 1.165) is 19.5 Å². The van der Waals surface area contributed by atoms with Gasteiger partial charge < -0.3 is 18.9 Å². The maximum absolute atomic E-state index is 12.8. The number of ether oxygens (including phenoxy) is 4. The van der Waals surface area contributed by atoms with Gasteiger partial charge in [-0.25, -0.2) is 24.2 Å². The molecule has 5 aromatic rings. The van der Waals surface area contributed by atoms with Crippen LogP contribution in [0.2, 0.25) is 0 Å². The summed E-state index contributed by atoms with van der Waals surface area (Å²) in [6.45, 7) is 0.867. The normalized spacial score (nSPS) is 10.7. The van der Waals surface area contributed by atoms with Crippen LogP contribution in [0.4, 0.5) is 9.59 Å². The molecule has 0 aromatic carbocycles. The number of thiophene rings is 4. The van der Waals surface area contributed by atoms with E-state index < -0.39 is 24.1 Å². The Labute approximate surface area is 292 Å². The zero-order valence-electron chi connectivity index (χ0n) is 25.6. The molecule has 0 fully saturated rings. The first-order chi connectivity index (χ1) is 23.4. The van der Waals surface area contributed by atoms with Crippen molar-refractivity contribution in [1.82, 2.24) is 14.8 Å². The Bertz CT molecular complexity index is 1530. The van der Waals surface area contributed by atoms with Crippen LogP contribution in [0, 0.1) is 0 Å². The molecule has 5 rings (SSSR count). The van der Waals surface area contributed by atoms with Crippen LogP contribution in [0.5, 0.6) is 0 Å². The fourth-order valence-corrected chi connectivity index (χ4v) is 7.13. The summed E-state index contributed by atoms with van der Waals surface area (Å²) >= 11 is 6.18. The van der Waals surface area contributed by atoms with E-state index in [0.29, 0.717) is 26.2 Å². The lowest BCUT2D eigenvalue weighted by Gasteiger charge is -2.21. The Kier molecular flexibility index (Phi) is 13.1. The van der Waals surface area contributed by atoms with Crippen molar-refractivity contribution < 1.29 is 38.1 Å². The van der Waals surface area contributed by atoms with Crippen molar-refractivity contribution in [2.24, 2.45) is 0 Å². The van der Waals surface area contributed by atoms with Gasteiger partial charge in [-0.1, -0.05) is 30.3 Å². The highest BCUT2D eigenvalue weighted by molar-refractivity contribution is 7.10. The van der Waals surface area contributed by atoms with Gasteiger partial charge >= 0.3 is 24.1 Å². The van der Waals surface area contributed by atoms with Gasteiger partial charge in [0.2, 0.25) is 0 Å². The van der Waals surface area contributed by atoms with Crippen molar-refractivity contribution >= 4 is 69.5 Å². The lowest BCUT2D eigenvalue weighted by atomic mass is 10.3. The monoisotopic (exact) mass is 725 g/mol. The fraction of sp³-hybridized carbons (Fsp3) is 0.242. The van der Waals surface area contributed by atoms with E-state index >= 15 is 0 Å². The van der Waals surface area contributed by atoms with Crippen LogP contribution in [0.15, 0.2) is 88.3 Å². The van der Waals surface area contributed by atoms with Gasteiger partial charge in [-0.3, -0.25) is 9.80 Å². The summed E-state index contributed by atoms with van der Waals surface area (Å²) in [5, 5.41) is 7.77. The summed E-state index contributed by atoms with van der Waals surface area (Å²) < 4.78 is 21.2. The summed E-state index contributed by atoms with van der Waals surface area (Å²) in [4.78, 5) is 62.1. The molecule has 48 heavy (non-hydrogen) atoms. The summed E-state index contributed by atoms with van der Waals surface area (Å²) in [7, 11) is 0. The first-order valence-corrected chi connectivity index (χ1v) is 18.2. The smallest absolute Gasteiger partial charge is 0.410 e. The standard InChI is InChI=1S/C33H31N3O8S4/c37-30(41-12-14-43-32(39)35(20-24-6-2-16-45-24)21-25-7-3-17-46-25)28-10-1-11-29(34-28)31(38)42-13-15-44-33(40)36(22-26-8-4-18-47-26)23-27-9-5-19-48-27/h1-11,16-19H,12-15,20-23H2. The third kappa shape index (κ3) is 10.7. The summed E-state index contributed by atoms with van der Waals surface area (Å²) in [5.74, 6) is -1.58. The molecule has 0 aliphatic heterocycles. The van der Waals surface area contributed by atoms with Gasteiger partial charge in [0.1, 0.15) is 37.8 Å². The minimum Gasteiger partial charge on any atom is -0.457 e. The maximum atomic E-state index is 12.8. The second-order valence-corrected chi connectivity index (χ2v) is 14.1. The van der Waals surface area contributed by atoms with Gasteiger partial charge in [-0.2, -0.15) is 0 Å². The molecule has 0 saturated heterocycles. The number of hydrogen-bond donors (Lipinski definition) is 0. The average molecular weight is 726 g/mol. The van der Waals surface area contributed by atoms with Gasteiger partial charge in [-0.15, -0.1) is 45.3 Å². The SMILES string of the molecule is O=C(OCCOC(=O)N(Cc1cccs1)Cc1cccs1)c1cccc(C(=O)OCCOC(=O)N(Cc2cccs2)Cc2cccs2)n1. The van der Waals surface area contributed by atoms with E-state index in [2.05, 4.69) is 4.98 Å². The number of pyridine rings is 1. The summed E-state index contributed by atoms with van der Waals surface area (Å²) in [6.07, 6.45) is -1.06. The number of rotatable bonds is 16. The van der Waals surface area contributed by atoms with Crippen molar-refractivity contribution in [2.75, 3.05) is 26.4 Å². The van der Waals surface area contributed by atoms with Crippen molar-refractivity contribution in [1.29, 1.82) is 0 Å². The van der Waals surface area contributed by atoms with E-state index in [1.54, 1.807) is 55.1 Å². The highest BCUT2D eigenvalue weighted by Crippen LogP contribution is 2.19. The Morgan fingerprint density at radius 3 is 1.12 bits per heavy atom. The van der Waals surface area contributed by atoms with E-state index in [-0.39, 0.29) is 37.8 Å². The zero-order chi connectivity index (χ0) is 33.6. The van der Waals surface area contributed by atoms with Gasteiger partial charge in [0.25, 0.3) is 0 Å². The number of hydrogen-bond acceptors (Lipinski definition) is 13. The van der Waals surface area contributed by atoms with Crippen LogP contribution in [0.1, 0.15) is 40.5 Å². The maximum Gasteiger partial charge on any atom is 0.410 e. The van der Waals surface area contributed by atoms with Crippen LogP contribution in [0.25, 0.3) is 0 Å². The quantitative estimate of drug-likeness (QED) is 0.0585. The first kappa shape index (κ1) is 34.8. The highest BCUT2D eigenvalue weighted by atomic mass is 32.1. The molecule has 0 spiro atoms. The third-order valence-electron chi connectivity index (χ3n) is 6.48. The molecule has 15 heteroatoms. The highest BCUT2D eigenvalue weighted by Gasteiger charge is 2.20. The molecule has 0 radical (unpaired) electrons. The van der Waals surface area contributed by atoms with Crippen LogP contribution in [-0.4, -0.2) is 65.3 Å². The second-order valence-electron chi connectivity index (χ2n) is 9.94. The number of carbonyl (C=O) groups is 4. The number of nitrogens with zero attached hydrogens (tertiary/aromatic N) is 3. The molecule has 0 aliphatic rings. The van der Waals surface area contributed by atoms with Gasteiger partial charge in [0.15, 0.2) is 0 Å². The van der Waals surface area contributed by atoms with Crippen LogP contribution >= 0.6 is 45.3 Å². The number of carbonyl (C=O) groups excluding carboxylic acids is 4. The van der Waals surface area contributed by atoms with E-state index in [1.807, 2.05) is 70.1 Å². The molecule has 0 aliphatic carbocycles. The lowest BCUT2D eigenvalue weighted by Crippen LogP contribution is -2.31. The zero-order valence-corrected chi connectivity index (χ0v) is 28.8. The van der Waals surface area contributed by atoms with Crippen molar-refractivity contribution in [3.05, 3.63) is 119 Å². The molecule has 250 valence electrons. The molecule has 5 aromatic heterocycles. The largest absolute Gasteiger partial charge is 0.457 e. The minimum atomic E-state index is -0.791. The number of amides is 2. The molecule has 0 bridgehead atoms. The molecule has 5 heterocycles. The summed E-state index contributed by atoms with van der Waals surface area (Å²) in [5.41, 5.74) is -0.228. The van der Waals surface area contributed by atoms with Crippen LogP contribution in [0.3, 0.4) is 0 Å². The molecule has 2 amide bonds. The first-order valence-electron chi connectivity index (χ1n) is 14.7. The summed E-state index contributed by atoms with van der Waals surface area (Å²) in [6, 6.07) is 19.7. The average Bonchev–Trinajstić information content (AvgIpc) is 3.94. The fourth-order valence-electron chi connectivity index (χ4n) is 4.25. The van der Waals surface area contributed by atoms with E-state index in [9.17, 15) is 19.2 Å². The van der Waals surface area contributed by atoms with Crippen molar-refractivity contribution in [2.45, 2.75) is 26.2 Å². The lowest BCUT2D eigenvalue weighted by molar-refractivity contribution is 0.0332. The Hall–Kier alpha value is -4.57. The van der Waals surface area contributed by atoms with Crippen molar-refractivity contribution in [3.8, 4) is 0 Å². The Morgan fingerprint density at radius 1 is 0.479 bits per heavy atom. The molecular formula is C33H31N3O8S4. The predicted octanol–water partition coefficient (Wildman–Crippen LogP) is 7.32. The topological polar surface area (TPSA) is 125 Å². The predicted molar refractivity (Wildman–Crippen MR) is 183 cm³/mol. The molecular weight excluding hydrogens is 695 g/mol. The van der Waals surface area contributed by atoms with Crippen LogP contribution in [-0.2, 0) is 45.1 Å².